The molecule has 1 aromatic rings. The Labute approximate surface area is 115 Å². The molecule has 0 spiro atoms. The van der Waals surface area contributed by atoms with E-state index >= 15 is 0 Å². The predicted molar refractivity (Wildman–Crippen MR) is 78.8 cm³/mol. The maximum atomic E-state index is 7.36. The van der Waals surface area contributed by atoms with Gasteiger partial charge in [0, 0.05) is 19.7 Å². The number of hydrogen-bond donors (Lipinski definition) is 2. The molecule has 1 rings (SSSR count). The van der Waals surface area contributed by atoms with Gasteiger partial charge in [0.25, 0.3) is 0 Å². The molecule has 0 aliphatic carbocycles. The second-order valence-electron chi connectivity index (χ2n) is 4.47. The van der Waals surface area contributed by atoms with Crippen molar-refractivity contribution in [3.8, 4) is 0 Å². The second-order valence-corrected chi connectivity index (χ2v) is 4.47. The Hall–Kier alpha value is -1.62. The van der Waals surface area contributed by atoms with Gasteiger partial charge < -0.3 is 15.4 Å². The van der Waals surface area contributed by atoms with Gasteiger partial charge in [-0.1, -0.05) is 13.8 Å². The SMILES string of the molecule is CCC(CC)N(CCOC)c1ccc(C(=N)N)nc1. The standard InChI is InChI=1S/C14H24N4O/c1-4-11(5-2)18(8-9-19-3)12-6-7-13(14(15)16)17-10-12/h6-7,10-11H,4-5,8-9H2,1-3H3,(H3,15,16). The van der Waals surface area contributed by atoms with Crippen LogP contribution in [0.2, 0.25) is 0 Å². The predicted octanol–water partition coefficient (Wildman–Crippen LogP) is 2.01. The zero-order chi connectivity index (χ0) is 14.3. The lowest BCUT2D eigenvalue weighted by Crippen LogP contribution is -2.37. The molecule has 0 saturated carbocycles. The molecule has 1 heterocycles. The molecule has 19 heavy (non-hydrogen) atoms. The molecule has 0 aliphatic heterocycles. The van der Waals surface area contributed by atoms with Gasteiger partial charge in [0.15, 0.2) is 0 Å². The van der Waals surface area contributed by atoms with E-state index in [4.69, 9.17) is 15.9 Å². The first-order valence-corrected chi connectivity index (χ1v) is 6.70. The third kappa shape index (κ3) is 4.21. The van der Waals surface area contributed by atoms with Crippen LogP contribution >= 0.6 is 0 Å². The molecule has 0 bridgehead atoms. The number of nitrogens with zero attached hydrogens (tertiary/aromatic N) is 2. The van der Waals surface area contributed by atoms with Crippen LogP contribution < -0.4 is 10.6 Å². The average molecular weight is 264 g/mol. The van der Waals surface area contributed by atoms with Gasteiger partial charge in [-0.15, -0.1) is 0 Å². The Kier molecular flexibility index (Phi) is 6.29. The molecule has 0 unspecified atom stereocenters. The summed E-state index contributed by atoms with van der Waals surface area (Å²) in [6.07, 6.45) is 3.94. The van der Waals surface area contributed by atoms with E-state index in [1.807, 2.05) is 6.07 Å². The van der Waals surface area contributed by atoms with E-state index in [2.05, 4.69) is 23.7 Å². The van der Waals surface area contributed by atoms with E-state index in [1.165, 1.54) is 0 Å². The topological polar surface area (TPSA) is 75.2 Å². The van der Waals surface area contributed by atoms with Crippen LogP contribution in [0.25, 0.3) is 0 Å². The summed E-state index contributed by atoms with van der Waals surface area (Å²) < 4.78 is 5.18. The minimum absolute atomic E-state index is 0.00229. The summed E-state index contributed by atoms with van der Waals surface area (Å²) >= 11 is 0. The molecule has 0 amide bonds. The first kappa shape index (κ1) is 15.4. The van der Waals surface area contributed by atoms with Crippen LogP contribution in [0.5, 0.6) is 0 Å². The highest BCUT2D eigenvalue weighted by atomic mass is 16.5. The highest BCUT2D eigenvalue weighted by molar-refractivity contribution is 5.93. The van der Waals surface area contributed by atoms with Crippen molar-refractivity contribution >= 4 is 11.5 Å². The molecule has 0 saturated heterocycles. The Bertz CT molecular complexity index is 387. The van der Waals surface area contributed by atoms with E-state index in [0.29, 0.717) is 18.3 Å². The van der Waals surface area contributed by atoms with Crippen molar-refractivity contribution < 1.29 is 4.74 Å². The number of rotatable bonds is 8. The Morgan fingerprint density at radius 1 is 1.42 bits per heavy atom. The van der Waals surface area contributed by atoms with Gasteiger partial charge in [-0.3, -0.25) is 10.4 Å². The molecule has 1 aromatic heterocycles. The molecular weight excluding hydrogens is 240 g/mol. The Balaban J connectivity index is 2.92. The van der Waals surface area contributed by atoms with E-state index in [-0.39, 0.29) is 5.84 Å². The van der Waals surface area contributed by atoms with Crippen molar-refractivity contribution in [1.29, 1.82) is 5.41 Å². The molecule has 5 nitrogen and oxygen atoms in total. The minimum atomic E-state index is -0.00229. The van der Waals surface area contributed by atoms with Gasteiger partial charge in [0.1, 0.15) is 11.5 Å². The lowest BCUT2D eigenvalue weighted by Gasteiger charge is -2.32. The normalized spacial score (nSPS) is 10.7. The number of methoxy groups -OCH3 is 1. The number of hydrogen-bond acceptors (Lipinski definition) is 4. The zero-order valence-corrected chi connectivity index (χ0v) is 12.0. The number of anilines is 1. The average Bonchev–Trinajstić information content (AvgIpc) is 2.43. The van der Waals surface area contributed by atoms with Gasteiger partial charge >= 0.3 is 0 Å². The van der Waals surface area contributed by atoms with Crippen molar-refractivity contribution in [2.24, 2.45) is 5.73 Å². The third-order valence-corrected chi connectivity index (χ3v) is 3.28. The number of nitrogens with one attached hydrogen (secondary N) is 1. The number of aromatic nitrogens is 1. The monoisotopic (exact) mass is 264 g/mol. The quantitative estimate of drug-likeness (QED) is 0.556. The number of nitrogen functional groups attached to an aromatic ring is 1. The van der Waals surface area contributed by atoms with Crippen LogP contribution in [0.4, 0.5) is 5.69 Å². The molecule has 0 aromatic carbocycles. The maximum Gasteiger partial charge on any atom is 0.141 e. The van der Waals surface area contributed by atoms with Crippen LogP contribution in [0.15, 0.2) is 18.3 Å². The lowest BCUT2D eigenvalue weighted by molar-refractivity contribution is 0.202. The number of amidine groups is 1. The molecule has 3 N–H and O–H groups in total. The van der Waals surface area contributed by atoms with Crippen molar-refractivity contribution in [2.45, 2.75) is 32.7 Å². The summed E-state index contributed by atoms with van der Waals surface area (Å²) in [6, 6.07) is 4.23. The first-order valence-electron chi connectivity index (χ1n) is 6.70. The number of ether oxygens (including phenoxy) is 1. The summed E-state index contributed by atoms with van der Waals surface area (Å²) in [5.41, 5.74) is 6.98. The van der Waals surface area contributed by atoms with Crippen LogP contribution in [-0.4, -0.2) is 37.1 Å². The molecule has 0 atom stereocenters. The second kappa shape index (κ2) is 7.74. The largest absolute Gasteiger partial charge is 0.383 e. The molecule has 0 aliphatic rings. The van der Waals surface area contributed by atoms with Gasteiger partial charge in [0.05, 0.1) is 18.5 Å². The summed E-state index contributed by atoms with van der Waals surface area (Å²) in [7, 11) is 1.71. The summed E-state index contributed by atoms with van der Waals surface area (Å²) in [6.45, 7) is 5.89. The maximum absolute atomic E-state index is 7.36. The molecule has 0 radical (unpaired) electrons. The zero-order valence-electron chi connectivity index (χ0n) is 12.0. The minimum Gasteiger partial charge on any atom is -0.383 e. The number of pyridine rings is 1. The number of nitrogens with two attached hydrogens (primary N) is 1. The molecular formula is C14H24N4O. The van der Waals surface area contributed by atoms with E-state index in [0.717, 1.165) is 25.1 Å². The fraction of sp³-hybridized carbons (Fsp3) is 0.571. The molecule has 106 valence electrons. The van der Waals surface area contributed by atoms with Gasteiger partial charge in [-0.2, -0.15) is 0 Å². The van der Waals surface area contributed by atoms with Gasteiger partial charge in [-0.25, -0.2) is 0 Å². The van der Waals surface area contributed by atoms with Crippen molar-refractivity contribution in [3.05, 3.63) is 24.0 Å². The van der Waals surface area contributed by atoms with E-state index in [1.54, 1.807) is 19.4 Å². The summed E-state index contributed by atoms with van der Waals surface area (Å²) in [5.74, 6) is -0.00229. The summed E-state index contributed by atoms with van der Waals surface area (Å²) in [5, 5.41) is 7.36. The Morgan fingerprint density at radius 2 is 2.11 bits per heavy atom. The highest BCUT2D eigenvalue weighted by Gasteiger charge is 2.16. The lowest BCUT2D eigenvalue weighted by atomic mass is 10.1. The van der Waals surface area contributed by atoms with Crippen molar-refractivity contribution in [2.75, 3.05) is 25.2 Å². The smallest absolute Gasteiger partial charge is 0.141 e. The van der Waals surface area contributed by atoms with Crippen LogP contribution in [-0.2, 0) is 4.74 Å². The third-order valence-electron chi connectivity index (χ3n) is 3.28. The van der Waals surface area contributed by atoms with E-state index < -0.39 is 0 Å². The Morgan fingerprint density at radius 3 is 2.53 bits per heavy atom. The van der Waals surface area contributed by atoms with E-state index in [9.17, 15) is 0 Å². The van der Waals surface area contributed by atoms with Crippen molar-refractivity contribution in [1.82, 2.24) is 4.98 Å². The highest BCUT2D eigenvalue weighted by Crippen LogP contribution is 2.19. The molecule has 5 heteroatoms. The van der Waals surface area contributed by atoms with Gasteiger partial charge in [-0.05, 0) is 25.0 Å². The van der Waals surface area contributed by atoms with Crippen LogP contribution in [0, 0.1) is 5.41 Å². The fourth-order valence-corrected chi connectivity index (χ4v) is 2.16. The van der Waals surface area contributed by atoms with Crippen molar-refractivity contribution in [3.63, 3.8) is 0 Å². The van der Waals surface area contributed by atoms with Gasteiger partial charge in [0.2, 0.25) is 0 Å². The van der Waals surface area contributed by atoms with Crippen LogP contribution in [0.3, 0.4) is 0 Å². The fourth-order valence-electron chi connectivity index (χ4n) is 2.16. The van der Waals surface area contributed by atoms with Crippen LogP contribution in [0.1, 0.15) is 32.4 Å². The first-order chi connectivity index (χ1) is 9.13. The summed E-state index contributed by atoms with van der Waals surface area (Å²) in [4.78, 5) is 6.53. The molecule has 0 fully saturated rings.